The molecule has 2 atom stereocenters. The van der Waals surface area contributed by atoms with Crippen molar-refractivity contribution in [1.29, 1.82) is 0 Å². The number of likely N-dealkylation sites (tertiary alicyclic amines) is 1. The van der Waals surface area contributed by atoms with Crippen molar-refractivity contribution in [2.24, 2.45) is 23.5 Å². The van der Waals surface area contributed by atoms with Crippen LogP contribution in [0.3, 0.4) is 0 Å². The third-order valence-corrected chi connectivity index (χ3v) is 5.55. The zero-order chi connectivity index (χ0) is 17.8. The standard InChI is InChI=1S/C19H26FN3O2.ClH/c20-15-4-2-5-16(11-15)22-18(24)13-7-9-23(10-8-13)19(25)17-6-1-3-14(17)12-21;/h2,4-5,11,13-14,17H,1,3,6-10,12,21H2,(H,22,24);1H/t14-,17-;/m1./s1. The predicted molar refractivity (Wildman–Crippen MR) is 101 cm³/mol. The van der Waals surface area contributed by atoms with Crippen LogP contribution >= 0.6 is 12.4 Å². The SMILES string of the molecule is Cl.NC[C@H]1CCC[C@H]1C(=O)N1CCC(C(=O)Nc2cccc(F)c2)CC1. The van der Waals surface area contributed by atoms with Crippen molar-refractivity contribution in [2.75, 3.05) is 25.0 Å². The lowest BCUT2D eigenvalue weighted by Gasteiger charge is -2.34. The molecular weight excluding hydrogens is 357 g/mol. The molecule has 1 heterocycles. The van der Waals surface area contributed by atoms with E-state index in [4.69, 9.17) is 5.73 Å². The fraction of sp³-hybridized carbons (Fsp3) is 0.579. The van der Waals surface area contributed by atoms with E-state index in [1.165, 1.54) is 12.1 Å². The molecular formula is C19H27ClFN3O2. The molecule has 144 valence electrons. The van der Waals surface area contributed by atoms with Crippen LogP contribution in [0.15, 0.2) is 24.3 Å². The fourth-order valence-electron chi connectivity index (χ4n) is 4.05. The van der Waals surface area contributed by atoms with Crippen molar-refractivity contribution in [1.82, 2.24) is 4.90 Å². The van der Waals surface area contributed by atoms with E-state index in [9.17, 15) is 14.0 Å². The number of rotatable bonds is 4. The van der Waals surface area contributed by atoms with E-state index in [1.807, 2.05) is 4.90 Å². The number of halogens is 2. The molecule has 5 nitrogen and oxygen atoms in total. The Morgan fingerprint density at radius 3 is 2.58 bits per heavy atom. The first-order valence-corrected chi connectivity index (χ1v) is 9.13. The van der Waals surface area contributed by atoms with E-state index in [2.05, 4.69) is 5.32 Å². The summed E-state index contributed by atoms with van der Waals surface area (Å²) in [4.78, 5) is 27.0. The van der Waals surface area contributed by atoms with Crippen molar-refractivity contribution < 1.29 is 14.0 Å². The Morgan fingerprint density at radius 2 is 1.92 bits per heavy atom. The minimum Gasteiger partial charge on any atom is -0.342 e. The maximum Gasteiger partial charge on any atom is 0.227 e. The molecule has 26 heavy (non-hydrogen) atoms. The third kappa shape index (κ3) is 4.74. The zero-order valence-electron chi connectivity index (χ0n) is 14.8. The van der Waals surface area contributed by atoms with Crippen LogP contribution in [0, 0.1) is 23.6 Å². The Bertz CT molecular complexity index is 635. The van der Waals surface area contributed by atoms with Crippen molar-refractivity contribution in [2.45, 2.75) is 32.1 Å². The van der Waals surface area contributed by atoms with Gasteiger partial charge in [0.15, 0.2) is 0 Å². The lowest BCUT2D eigenvalue weighted by molar-refractivity contribution is -0.139. The molecule has 2 fully saturated rings. The molecule has 1 aromatic rings. The van der Waals surface area contributed by atoms with Gasteiger partial charge in [-0.1, -0.05) is 12.5 Å². The molecule has 1 saturated heterocycles. The molecule has 0 aromatic heterocycles. The molecule has 1 saturated carbocycles. The number of anilines is 1. The van der Waals surface area contributed by atoms with E-state index in [0.717, 1.165) is 19.3 Å². The maximum atomic E-state index is 13.2. The summed E-state index contributed by atoms with van der Waals surface area (Å²) in [6, 6.07) is 5.90. The van der Waals surface area contributed by atoms with Crippen LogP contribution in [0.25, 0.3) is 0 Å². The van der Waals surface area contributed by atoms with E-state index >= 15 is 0 Å². The number of benzene rings is 1. The van der Waals surface area contributed by atoms with Gasteiger partial charge in [0.2, 0.25) is 11.8 Å². The van der Waals surface area contributed by atoms with Crippen LogP contribution in [-0.4, -0.2) is 36.3 Å². The Morgan fingerprint density at radius 1 is 1.19 bits per heavy atom. The Balaban J connectivity index is 0.00000243. The van der Waals surface area contributed by atoms with Crippen molar-refractivity contribution in [3.05, 3.63) is 30.1 Å². The molecule has 1 aliphatic carbocycles. The number of carbonyl (C=O) groups excluding carboxylic acids is 2. The van der Waals surface area contributed by atoms with Crippen LogP contribution in [0.1, 0.15) is 32.1 Å². The molecule has 3 N–H and O–H groups in total. The number of nitrogens with one attached hydrogen (secondary N) is 1. The van der Waals surface area contributed by atoms with E-state index < -0.39 is 0 Å². The molecule has 2 amide bonds. The second-order valence-corrected chi connectivity index (χ2v) is 7.13. The largest absolute Gasteiger partial charge is 0.342 e. The van der Waals surface area contributed by atoms with Gasteiger partial charge in [0.1, 0.15) is 5.82 Å². The first kappa shape index (κ1) is 20.6. The third-order valence-electron chi connectivity index (χ3n) is 5.55. The van der Waals surface area contributed by atoms with Gasteiger partial charge >= 0.3 is 0 Å². The summed E-state index contributed by atoms with van der Waals surface area (Å²) in [5.41, 5.74) is 6.26. The highest BCUT2D eigenvalue weighted by molar-refractivity contribution is 5.92. The average molecular weight is 384 g/mol. The highest BCUT2D eigenvalue weighted by Crippen LogP contribution is 2.33. The number of nitrogens with zero attached hydrogens (tertiary/aromatic N) is 1. The van der Waals surface area contributed by atoms with E-state index in [1.54, 1.807) is 12.1 Å². The highest BCUT2D eigenvalue weighted by Gasteiger charge is 2.36. The Labute approximate surface area is 159 Å². The number of carbonyl (C=O) groups is 2. The molecule has 1 aliphatic heterocycles. The summed E-state index contributed by atoms with van der Waals surface area (Å²) < 4.78 is 13.2. The number of piperidine rings is 1. The lowest BCUT2D eigenvalue weighted by atomic mass is 9.91. The first-order chi connectivity index (χ1) is 12.1. The summed E-state index contributed by atoms with van der Waals surface area (Å²) in [5, 5.41) is 2.77. The summed E-state index contributed by atoms with van der Waals surface area (Å²) in [6.07, 6.45) is 4.34. The van der Waals surface area contributed by atoms with Gasteiger partial charge in [-0.2, -0.15) is 0 Å². The van der Waals surface area contributed by atoms with Gasteiger partial charge in [-0.3, -0.25) is 9.59 Å². The van der Waals surface area contributed by atoms with Gasteiger partial charge in [-0.15, -0.1) is 12.4 Å². The summed E-state index contributed by atoms with van der Waals surface area (Å²) in [5.74, 6) is -0.0371. The molecule has 0 bridgehead atoms. The van der Waals surface area contributed by atoms with Gasteiger partial charge in [-0.05, 0) is 56.3 Å². The average Bonchev–Trinajstić information content (AvgIpc) is 3.10. The Hall–Kier alpha value is -1.66. The molecule has 7 heteroatoms. The predicted octanol–water partition coefficient (Wildman–Crippen LogP) is 2.80. The number of hydrogen-bond acceptors (Lipinski definition) is 3. The Kier molecular flexibility index (Phi) is 7.41. The number of hydrogen-bond donors (Lipinski definition) is 2. The maximum absolute atomic E-state index is 13.2. The smallest absolute Gasteiger partial charge is 0.227 e. The number of nitrogens with two attached hydrogens (primary N) is 1. The molecule has 1 aromatic carbocycles. The topological polar surface area (TPSA) is 75.4 Å². The monoisotopic (exact) mass is 383 g/mol. The van der Waals surface area contributed by atoms with Gasteiger partial charge in [0.05, 0.1) is 0 Å². The minimum absolute atomic E-state index is 0. The van der Waals surface area contributed by atoms with E-state index in [0.29, 0.717) is 44.1 Å². The van der Waals surface area contributed by atoms with E-state index in [-0.39, 0.29) is 41.9 Å². The van der Waals surface area contributed by atoms with Crippen molar-refractivity contribution >= 4 is 29.9 Å². The summed E-state index contributed by atoms with van der Waals surface area (Å²) in [6.45, 7) is 1.78. The first-order valence-electron chi connectivity index (χ1n) is 9.13. The lowest BCUT2D eigenvalue weighted by Crippen LogP contribution is -2.45. The van der Waals surface area contributed by atoms with Crippen LogP contribution in [0.4, 0.5) is 10.1 Å². The molecule has 0 unspecified atom stereocenters. The molecule has 0 radical (unpaired) electrons. The van der Waals surface area contributed by atoms with Crippen LogP contribution in [0.5, 0.6) is 0 Å². The normalized spacial score (nSPS) is 23.4. The number of amides is 2. The minimum atomic E-state index is -0.371. The summed E-state index contributed by atoms with van der Waals surface area (Å²) in [7, 11) is 0. The highest BCUT2D eigenvalue weighted by atomic mass is 35.5. The van der Waals surface area contributed by atoms with Crippen molar-refractivity contribution in [3.63, 3.8) is 0 Å². The van der Waals surface area contributed by atoms with Gasteiger partial charge in [0.25, 0.3) is 0 Å². The van der Waals surface area contributed by atoms with Gasteiger partial charge in [0, 0.05) is 30.6 Å². The second-order valence-electron chi connectivity index (χ2n) is 7.13. The van der Waals surface area contributed by atoms with Gasteiger partial charge in [-0.25, -0.2) is 4.39 Å². The molecule has 2 aliphatic rings. The van der Waals surface area contributed by atoms with Crippen LogP contribution in [-0.2, 0) is 9.59 Å². The molecule has 0 spiro atoms. The summed E-state index contributed by atoms with van der Waals surface area (Å²) >= 11 is 0. The second kappa shape index (κ2) is 9.33. The van der Waals surface area contributed by atoms with Crippen molar-refractivity contribution in [3.8, 4) is 0 Å². The zero-order valence-corrected chi connectivity index (χ0v) is 15.6. The van der Waals surface area contributed by atoms with Gasteiger partial charge < -0.3 is 16.0 Å². The fourth-order valence-corrected chi connectivity index (χ4v) is 4.05. The quantitative estimate of drug-likeness (QED) is 0.839. The van der Waals surface area contributed by atoms with Crippen LogP contribution in [0.2, 0.25) is 0 Å². The molecule has 3 rings (SSSR count). The van der Waals surface area contributed by atoms with Crippen LogP contribution < -0.4 is 11.1 Å².